The van der Waals surface area contributed by atoms with Gasteiger partial charge in [0.25, 0.3) is 0 Å². The molecule has 4 saturated carbocycles. The van der Waals surface area contributed by atoms with Crippen LogP contribution in [0.1, 0.15) is 38.5 Å². The van der Waals surface area contributed by atoms with Crippen LogP contribution >= 0.6 is 0 Å². The van der Waals surface area contributed by atoms with Crippen LogP contribution in [0.5, 0.6) is 0 Å². The van der Waals surface area contributed by atoms with Gasteiger partial charge in [-0.2, -0.15) is 0 Å². The van der Waals surface area contributed by atoms with Gasteiger partial charge in [0.1, 0.15) is 0 Å². The Kier molecular flexibility index (Phi) is 1.77. The molecule has 0 saturated heterocycles. The van der Waals surface area contributed by atoms with Gasteiger partial charge in [-0.25, -0.2) is 0 Å². The summed E-state index contributed by atoms with van der Waals surface area (Å²) in [6.07, 6.45) is 5.54. The summed E-state index contributed by atoms with van der Waals surface area (Å²) in [5, 5.41) is 10.4. The van der Waals surface area contributed by atoms with Crippen LogP contribution in [-0.2, 0) is 9.53 Å². The molecule has 0 radical (unpaired) electrons. The Balaban J connectivity index is 1.96. The minimum atomic E-state index is -0.557. The molecule has 0 spiro atoms. The number of aliphatic hydroxyl groups is 1. The molecule has 15 heavy (non-hydrogen) atoms. The van der Waals surface area contributed by atoms with Gasteiger partial charge in [0.05, 0.1) is 18.1 Å². The smallest absolute Gasteiger partial charge is 0.311 e. The molecule has 4 aliphatic rings. The van der Waals surface area contributed by atoms with Gasteiger partial charge in [-0.15, -0.1) is 0 Å². The Bertz CT molecular complexity index is 296. The van der Waals surface area contributed by atoms with Gasteiger partial charge in [-0.1, -0.05) is 0 Å². The van der Waals surface area contributed by atoms with E-state index >= 15 is 0 Å². The van der Waals surface area contributed by atoms with Crippen LogP contribution in [0.2, 0.25) is 0 Å². The van der Waals surface area contributed by atoms with Crippen molar-refractivity contribution in [1.82, 2.24) is 0 Å². The summed E-state index contributed by atoms with van der Waals surface area (Å²) < 4.78 is 4.93. The molecule has 4 aliphatic carbocycles. The average molecular weight is 210 g/mol. The molecule has 0 heterocycles. The Morgan fingerprint density at radius 2 is 1.87 bits per heavy atom. The van der Waals surface area contributed by atoms with E-state index in [4.69, 9.17) is 4.74 Å². The zero-order valence-electron chi connectivity index (χ0n) is 9.16. The molecule has 3 nitrogen and oxygen atoms in total. The van der Waals surface area contributed by atoms with Crippen molar-refractivity contribution in [2.75, 3.05) is 7.11 Å². The maximum Gasteiger partial charge on any atom is 0.311 e. The first-order valence-electron chi connectivity index (χ1n) is 5.86. The van der Waals surface area contributed by atoms with Crippen LogP contribution in [0.15, 0.2) is 0 Å². The molecular formula is C12H18O3. The van der Waals surface area contributed by atoms with Gasteiger partial charge >= 0.3 is 5.97 Å². The van der Waals surface area contributed by atoms with E-state index in [1.807, 2.05) is 0 Å². The van der Waals surface area contributed by atoms with Crippen molar-refractivity contribution >= 4 is 5.97 Å². The molecule has 0 aliphatic heterocycles. The third kappa shape index (κ3) is 1.25. The summed E-state index contributed by atoms with van der Waals surface area (Å²) in [6, 6.07) is 0. The van der Waals surface area contributed by atoms with Gasteiger partial charge in [-0.3, -0.25) is 4.79 Å². The van der Waals surface area contributed by atoms with Gasteiger partial charge in [-0.05, 0) is 50.4 Å². The molecular weight excluding hydrogens is 192 g/mol. The van der Waals surface area contributed by atoms with Crippen LogP contribution in [0.4, 0.5) is 0 Å². The third-order valence-corrected chi connectivity index (χ3v) is 4.65. The quantitative estimate of drug-likeness (QED) is 0.667. The minimum Gasteiger partial charge on any atom is -0.469 e. The lowest BCUT2D eigenvalue weighted by atomic mass is 9.48. The summed E-state index contributed by atoms with van der Waals surface area (Å²) in [4.78, 5) is 11.9. The monoisotopic (exact) mass is 210 g/mol. The van der Waals surface area contributed by atoms with E-state index in [9.17, 15) is 9.90 Å². The molecule has 84 valence electrons. The topological polar surface area (TPSA) is 46.5 Å². The van der Waals surface area contributed by atoms with Gasteiger partial charge in [0.2, 0.25) is 0 Å². The first-order valence-corrected chi connectivity index (χ1v) is 5.86. The second-order valence-corrected chi connectivity index (χ2v) is 5.96. The van der Waals surface area contributed by atoms with Crippen LogP contribution < -0.4 is 0 Å². The van der Waals surface area contributed by atoms with Gasteiger partial charge in [0, 0.05) is 0 Å². The SMILES string of the molecule is COC(=O)C12C[C@@H]3C[C@@H](CC(O)(C3)C1)C2. The second kappa shape index (κ2) is 2.76. The van der Waals surface area contributed by atoms with E-state index < -0.39 is 5.60 Å². The third-order valence-electron chi connectivity index (χ3n) is 4.65. The number of esters is 1. The summed E-state index contributed by atoms with van der Waals surface area (Å²) >= 11 is 0. The lowest BCUT2D eigenvalue weighted by Crippen LogP contribution is -2.58. The summed E-state index contributed by atoms with van der Waals surface area (Å²) in [5.41, 5.74) is -0.897. The molecule has 4 fully saturated rings. The lowest BCUT2D eigenvalue weighted by molar-refractivity contribution is -0.193. The van der Waals surface area contributed by atoms with E-state index in [2.05, 4.69) is 0 Å². The van der Waals surface area contributed by atoms with Crippen LogP contribution in [0.25, 0.3) is 0 Å². The molecule has 0 aromatic heterocycles. The van der Waals surface area contributed by atoms with Crippen molar-refractivity contribution < 1.29 is 14.6 Å². The number of carbonyl (C=O) groups excluding carboxylic acids is 1. The van der Waals surface area contributed by atoms with Crippen LogP contribution in [-0.4, -0.2) is 23.8 Å². The largest absolute Gasteiger partial charge is 0.469 e. The van der Waals surface area contributed by atoms with E-state index in [-0.39, 0.29) is 11.4 Å². The average Bonchev–Trinajstić information content (AvgIpc) is 2.12. The molecule has 0 aromatic carbocycles. The maximum absolute atomic E-state index is 11.9. The highest BCUT2D eigenvalue weighted by molar-refractivity contribution is 5.77. The van der Waals surface area contributed by atoms with Crippen LogP contribution in [0.3, 0.4) is 0 Å². The zero-order valence-corrected chi connectivity index (χ0v) is 9.16. The van der Waals surface area contributed by atoms with Gasteiger partial charge in [0.15, 0.2) is 0 Å². The minimum absolute atomic E-state index is 0.0879. The number of carbonyl (C=O) groups is 1. The van der Waals surface area contributed by atoms with Crippen molar-refractivity contribution in [2.24, 2.45) is 17.3 Å². The van der Waals surface area contributed by atoms with E-state index in [1.165, 1.54) is 13.5 Å². The molecule has 2 unspecified atom stereocenters. The Hall–Kier alpha value is -0.570. The van der Waals surface area contributed by atoms with E-state index in [0.717, 1.165) is 25.7 Å². The van der Waals surface area contributed by atoms with Crippen molar-refractivity contribution in [2.45, 2.75) is 44.1 Å². The molecule has 1 N–H and O–H groups in total. The number of ether oxygens (including phenoxy) is 1. The molecule has 0 aromatic rings. The van der Waals surface area contributed by atoms with Crippen molar-refractivity contribution in [3.05, 3.63) is 0 Å². The highest BCUT2D eigenvalue weighted by Crippen LogP contribution is 2.61. The van der Waals surface area contributed by atoms with Crippen molar-refractivity contribution in [3.63, 3.8) is 0 Å². The number of hydrogen-bond donors (Lipinski definition) is 1. The standard InChI is InChI=1S/C12H18O3/c1-15-10(13)11-3-8-2-9(4-11)6-12(14,5-8)7-11/h8-9,14H,2-7H2,1H3/t8-,9+,11?,12?. The van der Waals surface area contributed by atoms with Crippen molar-refractivity contribution in [1.29, 1.82) is 0 Å². The fourth-order valence-electron chi connectivity index (χ4n) is 4.67. The molecule has 4 atom stereocenters. The highest BCUT2D eigenvalue weighted by atomic mass is 16.5. The number of methoxy groups -OCH3 is 1. The molecule has 4 rings (SSSR count). The predicted octanol–water partition coefficient (Wildman–Crippen LogP) is 1.49. The molecule has 0 amide bonds. The number of hydrogen-bond acceptors (Lipinski definition) is 3. The first kappa shape index (κ1) is 9.64. The number of rotatable bonds is 1. The summed E-state index contributed by atoms with van der Waals surface area (Å²) in [6.45, 7) is 0. The first-order chi connectivity index (χ1) is 7.05. The zero-order chi connectivity index (χ0) is 10.7. The summed E-state index contributed by atoms with van der Waals surface area (Å²) in [5.74, 6) is 1.01. The fraction of sp³-hybridized carbons (Fsp3) is 0.917. The molecule has 3 heteroatoms. The van der Waals surface area contributed by atoms with E-state index in [1.54, 1.807) is 0 Å². The Morgan fingerprint density at radius 3 is 2.33 bits per heavy atom. The van der Waals surface area contributed by atoms with Crippen LogP contribution in [0, 0.1) is 17.3 Å². The maximum atomic E-state index is 11.9. The Morgan fingerprint density at radius 1 is 1.27 bits per heavy atom. The van der Waals surface area contributed by atoms with Crippen molar-refractivity contribution in [3.8, 4) is 0 Å². The van der Waals surface area contributed by atoms with Gasteiger partial charge < -0.3 is 9.84 Å². The lowest BCUT2D eigenvalue weighted by Gasteiger charge is -2.58. The molecule has 4 bridgehead atoms. The normalized spacial score (nSPS) is 51.9. The highest BCUT2D eigenvalue weighted by Gasteiger charge is 2.60. The summed E-state index contributed by atoms with van der Waals surface area (Å²) in [7, 11) is 1.46. The Labute approximate surface area is 89.8 Å². The fourth-order valence-corrected chi connectivity index (χ4v) is 4.67. The second-order valence-electron chi connectivity index (χ2n) is 5.96. The predicted molar refractivity (Wildman–Crippen MR) is 54.1 cm³/mol. The van der Waals surface area contributed by atoms with E-state index in [0.29, 0.717) is 18.3 Å².